The number of alkyl halides is 4. The average molecular weight is 673 g/mol. The molecule has 234 valence electrons. The van der Waals surface area contributed by atoms with Crippen LogP contribution < -0.4 is 15.0 Å². The number of halogens is 4. The lowest BCUT2D eigenvalue weighted by molar-refractivity contribution is -0.274. The quantitative estimate of drug-likeness (QED) is 0.149. The van der Waals surface area contributed by atoms with Crippen molar-refractivity contribution in [2.24, 2.45) is 4.99 Å². The van der Waals surface area contributed by atoms with E-state index in [4.69, 9.17) is 24.4 Å². The van der Waals surface area contributed by atoms with Gasteiger partial charge in [-0.2, -0.15) is 4.99 Å². The molecule has 2 heterocycles. The van der Waals surface area contributed by atoms with Gasteiger partial charge in [0.25, 0.3) is 0 Å². The number of thioether (sulfide) groups is 1. The third kappa shape index (κ3) is 8.05. The van der Waals surface area contributed by atoms with Crippen LogP contribution in [0.1, 0.15) is 42.6 Å². The molecule has 45 heavy (non-hydrogen) atoms. The molecule has 0 bridgehead atoms. The Morgan fingerprint density at radius 1 is 1.09 bits per heavy atom. The van der Waals surface area contributed by atoms with Crippen LogP contribution in [0, 0.1) is 6.92 Å². The molecule has 1 saturated heterocycles. The maximum atomic E-state index is 15.2. The van der Waals surface area contributed by atoms with E-state index in [1.807, 2.05) is 11.8 Å². The molecule has 0 amide bonds. The number of ether oxygens (including phenoxy) is 1. The van der Waals surface area contributed by atoms with Gasteiger partial charge in [0.2, 0.25) is 0 Å². The number of benzene rings is 3. The maximum Gasteiger partial charge on any atom is 0.573 e. The molecule has 1 aliphatic rings. The van der Waals surface area contributed by atoms with Crippen molar-refractivity contribution in [2.75, 3.05) is 17.2 Å². The average Bonchev–Trinajstić information content (AvgIpc) is 3.62. The summed E-state index contributed by atoms with van der Waals surface area (Å²) in [7, 11) is 0. The Balaban J connectivity index is 1.20. The van der Waals surface area contributed by atoms with Crippen molar-refractivity contribution in [1.82, 2.24) is 20.1 Å². The molecule has 7 nitrogen and oxygen atoms in total. The van der Waals surface area contributed by atoms with E-state index in [0.29, 0.717) is 33.6 Å². The van der Waals surface area contributed by atoms with Crippen molar-refractivity contribution >= 4 is 57.2 Å². The summed E-state index contributed by atoms with van der Waals surface area (Å²) >= 11 is 12.6. The van der Waals surface area contributed by atoms with Gasteiger partial charge >= 0.3 is 6.36 Å². The third-order valence-electron chi connectivity index (χ3n) is 6.80. The van der Waals surface area contributed by atoms with E-state index in [0.717, 1.165) is 21.8 Å². The number of amidine groups is 1. The number of nitrogens with one attached hydrogen (secondary N) is 1. The molecule has 14 heteroatoms. The van der Waals surface area contributed by atoms with Crippen LogP contribution in [-0.4, -0.2) is 48.7 Å². The standard InChI is InChI=1S/C31H28F4N6OS3/c1-18(2)24-13-4-19(3)14-26(24)41-27(43)16-45-30(41)38-29(44)36-15-25(32)20-5-7-21(8-6-20)28-37-17-40(39-28)22-9-11-23(12-10-22)42-31(33,34)35/h4-14,17-18,25H,15-16H2,1-3H3,(H,36,44)/b38-30-. The molecular weight excluding hydrogens is 645 g/mol. The minimum Gasteiger partial charge on any atom is -0.406 e. The highest BCUT2D eigenvalue weighted by Crippen LogP contribution is 2.35. The van der Waals surface area contributed by atoms with Crippen LogP contribution >= 0.6 is 36.2 Å². The second-order valence-electron chi connectivity index (χ2n) is 10.5. The third-order valence-corrected chi connectivity index (χ3v) is 8.50. The van der Waals surface area contributed by atoms with E-state index in [1.165, 1.54) is 47.0 Å². The van der Waals surface area contributed by atoms with Gasteiger partial charge in [-0.05, 0) is 72.1 Å². The second-order valence-corrected chi connectivity index (χ2v) is 12.3. The van der Waals surface area contributed by atoms with Gasteiger partial charge in [-0.25, -0.2) is 14.1 Å². The molecule has 0 radical (unpaired) electrons. The van der Waals surface area contributed by atoms with Crippen molar-refractivity contribution < 1.29 is 22.3 Å². The monoisotopic (exact) mass is 672 g/mol. The predicted molar refractivity (Wildman–Crippen MR) is 178 cm³/mol. The summed E-state index contributed by atoms with van der Waals surface area (Å²) in [6.07, 6.45) is -4.70. The summed E-state index contributed by atoms with van der Waals surface area (Å²) in [5, 5.41) is 8.11. The van der Waals surface area contributed by atoms with Gasteiger partial charge in [0, 0.05) is 5.56 Å². The predicted octanol–water partition coefficient (Wildman–Crippen LogP) is 8.09. The molecule has 3 aromatic carbocycles. The summed E-state index contributed by atoms with van der Waals surface area (Å²) in [6, 6.07) is 18.2. The van der Waals surface area contributed by atoms with E-state index in [9.17, 15) is 13.2 Å². The largest absolute Gasteiger partial charge is 0.573 e. The van der Waals surface area contributed by atoms with Crippen LogP contribution in [-0.2, 0) is 0 Å². The number of thiocarbonyl (C=S) groups is 2. The van der Waals surface area contributed by atoms with Gasteiger partial charge in [-0.15, -0.1) is 18.3 Å². The number of aromatic nitrogens is 3. The zero-order valence-electron chi connectivity index (χ0n) is 24.4. The van der Waals surface area contributed by atoms with Crippen LogP contribution in [0.4, 0.5) is 23.2 Å². The first-order valence-electron chi connectivity index (χ1n) is 13.8. The van der Waals surface area contributed by atoms with E-state index in [-0.39, 0.29) is 23.3 Å². The van der Waals surface area contributed by atoms with Crippen molar-refractivity contribution in [1.29, 1.82) is 0 Å². The highest BCUT2D eigenvalue weighted by molar-refractivity contribution is 8.16. The van der Waals surface area contributed by atoms with Gasteiger partial charge in [-0.3, -0.25) is 4.90 Å². The van der Waals surface area contributed by atoms with Crippen LogP contribution in [0.2, 0.25) is 0 Å². The van der Waals surface area contributed by atoms with E-state index >= 15 is 4.39 Å². The van der Waals surface area contributed by atoms with Gasteiger partial charge < -0.3 is 10.1 Å². The molecular formula is C31H28F4N6OS3. The normalized spacial score (nSPS) is 15.2. The van der Waals surface area contributed by atoms with Crippen molar-refractivity contribution in [2.45, 2.75) is 39.2 Å². The molecule has 0 saturated carbocycles. The molecule has 4 aromatic rings. The fourth-order valence-electron chi connectivity index (χ4n) is 4.60. The number of anilines is 1. The molecule has 1 aliphatic heterocycles. The lowest BCUT2D eigenvalue weighted by Crippen LogP contribution is -2.32. The molecule has 1 unspecified atom stereocenters. The van der Waals surface area contributed by atoms with Gasteiger partial charge in [0.15, 0.2) is 16.1 Å². The Bertz CT molecular complexity index is 1720. The SMILES string of the molecule is Cc1ccc(C(C)C)c(N2C(=S)CS/C2=N\C(=S)NCC(F)c2ccc(-c3ncn(-c4ccc(OC(F)(F)F)cc4)n3)cc2)c1. The Labute approximate surface area is 272 Å². The number of hydrogen-bond acceptors (Lipinski definition) is 6. The lowest BCUT2D eigenvalue weighted by atomic mass is 9.99. The highest BCUT2D eigenvalue weighted by atomic mass is 32.2. The molecule has 0 aliphatic carbocycles. The van der Waals surface area contributed by atoms with Gasteiger partial charge in [-0.1, -0.05) is 74.2 Å². The van der Waals surface area contributed by atoms with Crippen LogP contribution in [0.5, 0.6) is 5.75 Å². The summed E-state index contributed by atoms with van der Waals surface area (Å²) < 4.78 is 57.7. The molecule has 1 fully saturated rings. The molecule has 1 atom stereocenters. The van der Waals surface area contributed by atoms with Crippen molar-refractivity contribution in [3.63, 3.8) is 0 Å². The Morgan fingerprint density at radius 3 is 2.47 bits per heavy atom. The number of hydrogen-bond donors (Lipinski definition) is 1. The zero-order valence-corrected chi connectivity index (χ0v) is 26.8. The Morgan fingerprint density at radius 2 is 1.80 bits per heavy atom. The second kappa shape index (κ2) is 13.6. The van der Waals surface area contributed by atoms with E-state index in [1.54, 1.807) is 24.3 Å². The molecule has 5 rings (SSSR count). The van der Waals surface area contributed by atoms with Crippen LogP contribution in [0.15, 0.2) is 78.0 Å². The minimum absolute atomic E-state index is 0.0767. The highest BCUT2D eigenvalue weighted by Gasteiger charge is 2.31. The molecule has 1 N–H and O–H groups in total. The summed E-state index contributed by atoms with van der Waals surface area (Å²) in [4.78, 5) is 11.5. The van der Waals surface area contributed by atoms with Crippen LogP contribution in [0.3, 0.4) is 0 Å². The van der Waals surface area contributed by atoms with Crippen molar-refractivity contribution in [3.05, 3.63) is 89.7 Å². The smallest absolute Gasteiger partial charge is 0.406 e. The fraction of sp³-hybridized carbons (Fsp3) is 0.258. The lowest BCUT2D eigenvalue weighted by Gasteiger charge is -2.24. The van der Waals surface area contributed by atoms with Gasteiger partial charge in [0.1, 0.15) is 18.2 Å². The summed E-state index contributed by atoms with van der Waals surface area (Å²) in [5.74, 6) is 0.925. The topological polar surface area (TPSA) is 67.6 Å². The van der Waals surface area contributed by atoms with Gasteiger partial charge in [0.05, 0.1) is 28.7 Å². The maximum absolute atomic E-state index is 15.2. The number of nitrogens with zero attached hydrogens (tertiary/aromatic N) is 5. The first-order chi connectivity index (χ1) is 21.4. The minimum atomic E-state index is -4.77. The number of aryl methyl sites for hydroxylation is 1. The first-order valence-corrected chi connectivity index (χ1v) is 15.6. The van der Waals surface area contributed by atoms with Crippen LogP contribution in [0.25, 0.3) is 17.1 Å². The number of rotatable bonds is 8. The summed E-state index contributed by atoms with van der Waals surface area (Å²) in [5.41, 5.74) is 4.81. The summed E-state index contributed by atoms with van der Waals surface area (Å²) in [6.45, 7) is 6.21. The Kier molecular flexibility index (Phi) is 9.85. The molecule has 1 aromatic heterocycles. The van der Waals surface area contributed by atoms with E-state index < -0.39 is 12.5 Å². The molecule has 0 spiro atoms. The van der Waals surface area contributed by atoms with E-state index in [2.05, 4.69) is 57.2 Å². The zero-order chi connectivity index (χ0) is 32.3. The van der Waals surface area contributed by atoms with Crippen molar-refractivity contribution in [3.8, 4) is 22.8 Å². The first kappa shape index (κ1) is 32.5. The Hall–Kier alpha value is -3.88. The fourth-order valence-corrected chi connectivity index (χ4v) is 6.12. The number of aliphatic imine (C=N–C) groups is 1.